The summed E-state index contributed by atoms with van der Waals surface area (Å²) < 4.78 is 2.48. The molecule has 0 atom stereocenters. The Kier molecular flexibility index (Phi) is 2.88. The van der Waals surface area contributed by atoms with Crippen LogP contribution >= 0.6 is 22.9 Å². The predicted octanol–water partition coefficient (Wildman–Crippen LogP) is 2.56. The molecule has 0 spiro atoms. The molecule has 0 fully saturated rings. The van der Waals surface area contributed by atoms with E-state index in [2.05, 4.69) is 4.98 Å². The first-order valence-corrected chi connectivity index (χ1v) is 5.66. The highest BCUT2D eigenvalue weighted by molar-refractivity contribution is 7.14. The summed E-state index contributed by atoms with van der Waals surface area (Å²) in [6.45, 7) is 0. The van der Waals surface area contributed by atoms with Crippen LogP contribution < -0.4 is 0 Å². The predicted molar refractivity (Wildman–Crippen MR) is 60.6 cm³/mol. The second kappa shape index (κ2) is 4.16. The Labute approximate surface area is 96.3 Å². The van der Waals surface area contributed by atoms with Gasteiger partial charge in [0.05, 0.1) is 10.8 Å². The maximum Gasteiger partial charge on any atom is 0.171 e. The largest absolute Gasteiger partial charge is 0.338 e. The number of hydrogen-bond acceptors (Lipinski definition) is 3. The van der Waals surface area contributed by atoms with E-state index in [0.29, 0.717) is 16.3 Å². The van der Waals surface area contributed by atoms with Crippen molar-refractivity contribution in [1.29, 1.82) is 0 Å². The summed E-state index contributed by atoms with van der Waals surface area (Å²) in [4.78, 5) is 15.9. The fraction of sp³-hybridized carbons (Fsp3) is 0.200. The van der Waals surface area contributed by atoms with E-state index in [0.717, 1.165) is 5.82 Å². The average molecular weight is 241 g/mol. The molecule has 0 saturated carbocycles. The molecule has 15 heavy (non-hydrogen) atoms. The van der Waals surface area contributed by atoms with Crippen molar-refractivity contribution in [3.05, 3.63) is 39.6 Å². The van der Waals surface area contributed by atoms with Gasteiger partial charge in [0, 0.05) is 30.4 Å². The van der Waals surface area contributed by atoms with Gasteiger partial charge < -0.3 is 4.57 Å². The number of thiophene rings is 1. The number of Topliss-reactive ketones (excluding diaryl/α,β-unsaturated/α-hetero) is 1. The molecule has 78 valence electrons. The Morgan fingerprint density at radius 2 is 2.47 bits per heavy atom. The standard InChI is InChI=1S/C10H9ClN2OS/c1-13-3-2-12-10(13)5-8(14)7-4-9(11)15-6-7/h2-4,6H,5H2,1H3. The van der Waals surface area contributed by atoms with Gasteiger partial charge in [0.25, 0.3) is 0 Å². The number of imidazole rings is 1. The molecule has 0 unspecified atom stereocenters. The van der Waals surface area contributed by atoms with Crippen molar-refractivity contribution in [1.82, 2.24) is 9.55 Å². The summed E-state index contributed by atoms with van der Waals surface area (Å²) in [5.74, 6) is 0.815. The highest BCUT2D eigenvalue weighted by Gasteiger charge is 2.11. The third-order valence-electron chi connectivity index (χ3n) is 2.13. The fourth-order valence-corrected chi connectivity index (χ4v) is 2.15. The van der Waals surface area contributed by atoms with Crippen molar-refractivity contribution in [3.8, 4) is 0 Å². The van der Waals surface area contributed by atoms with E-state index in [1.807, 2.05) is 17.8 Å². The molecule has 0 aliphatic rings. The number of ketones is 1. The number of rotatable bonds is 3. The number of hydrogen-bond donors (Lipinski definition) is 0. The van der Waals surface area contributed by atoms with Gasteiger partial charge in [0.1, 0.15) is 5.82 Å². The zero-order chi connectivity index (χ0) is 10.8. The summed E-state index contributed by atoms with van der Waals surface area (Å²) in [5.41, 5.74) is 0.660. The lowest BCUT2D eigenvalue weighted by molar-refractivity contribution is 0.0990. The normalized spacial score (nSPS) is 10.5. The van der Waals surface area contributed by atoms with Gasteiger partial charge in [-0.3, -0.25) is 4.79 Å². The number of carbonyl (C=O) groups is 1. The Balaban J connectivity index is 2.14. The van der Waals surface area contributed by atoms with Crippen LogP contribution in [0.2, 0.25) is 4.34 Å². The molecule has 0 N–H and O–H groups in total. The first-order valence-electron chi connectivity index (χ1n) is 4.40. The quantitative estimate of drug-likeness (QED) is 0.773. The lowest BCUT2D eigenvalue weighted by Crippen LogP contribution is -2.07. The molecule has 2 aromatic heterocycles. The van der Waals surface area contributed by atoms with Crippen molar-refractivity contribution in [2.45, 2.75) is 6.42 Å². The van der Waals surface area contributed by atoms with Crippen molar-refractivity contribution in [2.24, 2.45) is 7.05 Å². The molecular formula is C10H9ClN2OS. The Bertz CT molecular complexity index is 489. The van der Waals surface area contributed by atoms with Gasteiger partial charge in [0.2, 0.25) is 0 Å². The minimum Gasteiger partial charge on any atom is -0.338 e. The van der Waals surface area contributed by atoms with Gasteiger partial charge in [0.15, 0.2) is 5.78 Å². The lowest BCUT2D eigenvalue weighted by atomic mass is 10.1. The number of carbonyl (C=O) groups excluding carboxylic acids is 1. The molecule has 2 rings (SSSR count). The summed E-state index contributed by atoms with van der Waals surface area (Å²) in [5, 5.41) is 1.77. The van der Waals surface area contributed by atoms with E-state index in [1.165, 1.54) is 11.3 Å². The van der Waals surface area contributed by atoms with Crippen LogP contribution in [-0.2, 0) is 13.5 Å². The van der Waals surface area contributed by atoms with Crippen molar-refractivity contribution >= 4 is 28.7 Å². The van der Waals surface area contributed by atoms with Gasteiger partial charge in [-0.2, -0.15) is 0 Å². The van der Waals surface area contributed by atoms with Crippen LogP contribution in [-0.4, -0.2) is 15.3 Å². The van der Waals surface area contributed by atoms with E-state index in [1.54, 1.807) is 17.6 Å². The molecule has 2 heterocycles. The van der Waals surface area contributed by atoms with Crippen LogP contribution in [0.1, 0.15) is 16.2 Å². The highest BCUT2D eigenvalue weighted by Crippen LogP contribution is 2.20. The van der Waals surface area contributed by atoms with Gasteiger partial charge in [-0.1, -0.05) is 11.6 Å². The van der Waals surface area contributed by atoms with Crippen LogP contribution in [0.25, 0.3) is 0 Å². The molecule has 0 amide bonds. The van der Waals surface area contributed by atoms with Crippen LogP contribution in [0.4, 0.5) is 0 Å². The summed E-state index contributed by atoms with van der Waals surface area (Å²) in [6, 6.07) is 1.69. The van der Waals surface area contributed by atoms with Gasteiger partial charge in [-0.25, -0.2) is 4.98 Å². The Morgan fingerprint density at radius 1 is 1.67 bits per heavy atom. The van der Waals surface area contributed by atoms with Crippen LogP contribution in [0.15, 0.2) is 23.8 Å². The zero-order valence-electron chi connectivity index (χ0n) is 8.11. The molecule has 2 aromatic rings. The maximum atomic E-state index is 11.8. The molecule has 0 saturated heterocycles. The smallest absolute Gasteiger partial charge is 0.171 e. The fourth-order valence-electron chi connectivity index (χ4n) is 1.27. The highest BCUT2D eigenvalue weighted by atomic mass is 35.5. The van der Waals surface area contributed by atoms with Crippen molar-refractivity contribution in [2.75, 3.05) is 0 Å². The minimum absolute atomic E-state index is 0.0486. The Hall–Kier alpha value is -1.13. The number of aryl methyl sites for hydroxylation is 1. The van der Waals surface area contributed by atoms with Gasteiger partial charge in [-0.15, -0.1) is 11.3 Å². The second-order valence-electron chi connectivity index (χ2n) is 3.19. The van der Waals surface area contributed by atoms with Gasteiger partial charge in [-0.05, 0) is 6.07 Å². The van der Waals surface area contributed by atoms with E-state index >= 15 is 0 Å². The maximum absolute atomic E-state index is 11.8. The third kappa shape index (κ3) is 2.27. The van der Waals surface area contributed by atoms with Crippen LogP contribution in [0.3, 0.4) is 0 Å². The number of aromatic nitrogens is 2. The van der Waals surface area contributed by atoms with Gasteiger partial charge >= 0.3 is 0 Å². The minimum atomic E-state index is 0.0486. The molecular weight excluding hydrogens is 232 g/mol. The molecule has 5 heteroatoms. The van der Waals surface area contributed by atoms with Crippen molar-refractivity contribution in [3.63, 3.8) is 0 Å². The summed E-state index contributed by atoms with van der Waals surface area (Å²) in [7, 11) is 1.87. The zero-order valence-corrected chi connectivity index (χ0v) is 9.68. The molecule has 0 radical (unpaired) electrons. The van der Waals surface area contributed by atoms with E-state index in [9.17, 15) is 4.79 Å². The third-order valence-corrected chi connectivity index (χ3v) is 3.22. The van der Waals surface area contributed by atoms with E-state index in [-0.39, 0.29) is 5.78 Å². The van der Waals surface area contributed by atoms with Crippen molar-refractivity contribution < 1.29 is 4.79 Å². The number of nitrogens with zero attached hydrogens (tertiary/aromatic N) is 2. The first kappa shape index (κ1) is 10.4. The molecule has 3 nitrogen and oxygen atoms in total. The van der Waals surface area contributed by atoms with E-state index in [4.69, 9.17) is 11.6 Å². The molecule has 0 bridgehead atoms. The van der Waals surface area contributed by atoms with Crippen LogP contribution in [0.5, 0.6) is 0 Å². The monoisotopic (exact) mass is 240 g/mol. The van der Waals surface area contributed by atoms with Crippen LogP contribution in [0, 0.1) is 0 Å². The molecule has 0 aliphatic carbocycles. The Morgan fingerprint density at radius 3 is 3.00 bits per heavy atom. The SMILES string of the molecule is Cn1ccnc1CC(=O)c1csc(Cl)c1. The summed E-state index contributed by atoms with van der Waals surface area (Å²) >= 11 is 7.13. The average Bonchev–Trinajstić information content (AvgIpc) is 2.77. The second-order valence-corrected chi connectivity index (χ2v) is 4.74. The topological polar surface area (TPSA) is 34.9 Å². The number of halogens is 1. The first-order chi connectivity index (χ1) is 7.16. The van der Waals surface area contributed by atoms with E-state index < -0.39 is 0 Å². The molecule has 0 aromatic carbocycles. The lowest BCUT2D eigenvalue weighted by Gasteiger charge is -1.99. The molecule has 0 aliphatic heterocycles. The summed E-state index contributed by atoms with van der Waals surface area (Å²) in [6.07, 6.45) is 3.82.